The molecule has 3 nitrogen and oxygen atoms in total. The summed E-state index contributed by atoms with van der Waals surface area (Å²) in [5.74, 6) is 0.0433. The van der Waals surface area contributed by atoms with Gasteiger partial charge in [-0.2, -0.15) is 0 Å². The molecule has 1 aromatic rings. The summed E-state index contributed by atoms with van der Waals surface area (Å²) < 4.78 is 29.0. The van der Waals surface area contributed by atoms with Gasteiger partial charge in [-0.25, -0.2) is 4.39 Å². The smallest absolute Gasteiger partial charge is 0.144 e. The molecule has 1 atom stereocenters. The summed E-state index contributed by atoms with van der Waals surface area (Å²) in [7, 11) is 0. The number of hydrogen-bond donors (Lipinski definition) is 0. The van der Waals surface area contributed by atoms with Crippen molar-refractivity contribution < 1.29 is 8.94 Å². The quantitative estimate of drug-likeness (QED) is 0.475. The van der Waals surface area contributed by atoms with Gasteiger partial charge in [-0.05, 0) is 39.7 Å². The Morgan fingerprint density at radius 2 is 2.16 bits per heavy atom. The number of halogens is 2. The third kappa shape index (κ3) is 5.47. The molecule has 0 amide bonds. The van der Waals surface area contributed by atoms with E-state index in [0.29, 0.717) is 30.0 Å². The SMILES string of the molecule is CC(C)(C)[S+]([O-])/N=C(/CCCCl)c1cncc(F)c1. The van der Waals surface area contributed by atoms with Crippen LogP contribution in [0.1, 0.15) is 39.2 Å². The Bertz CT molecular complexity index is 449. The molecule has 0 aliphatic heterocycles. The zero-order chi connectivity index (χ0) is 14.5. The molecule has 0 aromatic carbocycles. The van der Waals surface area contributed by atoms with Crippen LogP contribution in [0, 0.1) is 5.82 Å². The van der Waals surface area contributed by atoms with Crippen molar-refractivity contribution in [2.24, 2.45) is 4.40 Å². The summed E-state index contributed by atoms with van der Waals surface area (Å²) in [4.78, 5) is 3.79. The van der Waals surface area contributed by atoms with Crippen LogP contribution in [-0.2, 0) is 11.4 Å². The fourth-order valence-electron chi connectivity index (χ4n) is 1.28. The fourth-order valence-corrected chi connectivity index (χ4v) is 2.09. The number of pyridine rings is 1. The molecule has 0 aliphatic rings. The molecular formula is C13H18ClFN2OS. The molecule has 1 heterocycles. The summed E-state index contributed by atoms with van der Waals surface area (Å²) in [5, 5.41) is 0. The second-order valence-electron chi connectivity index (χ2n) is 5.08. The van der Waals surface area contributed by atoms with E-state index in [1.807, 2.05) is 20.8 Å². The van der Waals surface area contributed by atoms with Crippen molar-refractivity contribution in [2.45, 2.75) is 38.4 Å². The maximum absolute atomic E-state index is 13.2. The molecule has 6 heteroatoms. The molecule has 1 unspecified atom stereocenters. The van der Waals surface area contributed by atoms with Crippen LogP contribution in [-0.4, -0.2) is 25.9 Å². The lowest BCUT2D eigenvalue weighted by atomic mass is 10.1. The number of alkyl halides is 1. The molecule has 19 heavy (non-hydrogen) atoms. The maximum atomic E-state index is 13.2. The number of hydrogen-bond acceptors (Lipinski definition) is 3. The van der Waals surface area contributed by atoms with Crippen molar-refractivity contribution in [3.63, 3.8) is 0 Å². The van der Waals surface area contributed by atoms with E-state index < -0.39 is 21.9 Å². The minimum absolute atomic E-state index is 0.433. The highest BCUT2D eigenvalue weighted by atomic mass is 35.5. The summed E-state index contributed by atoms with van der Waals surface area (Å²) in [6, 6.07) is 1.35. The molecule has 0 aliphatic carbocycles. The predicted octanol–water partition coefficient (Wildman–Crippen LogP) is 3.49. The highest BCUT2D eigenvalue weighted by molar-refractivity contribution is 7.91. The second kappa shape index (κ2) is 7.22. The van der Waals surface area contributed by atoms with Crippen LogP contribution < -0.4 is 0 Å². The van der Waals surface area contributed by atoms with Crippen LogP contribution in [0.2, 0.25) is 0 Å². The molecule has 0 N–H and O–H groups in total. The third-order valence-electron chi connectivity index (χ3n) is 2.30. The molecule has 1 rings (SSSR count). The van der Waals surface area contributed by atoms with Gasteiger partial charge in [0.05, 0.1) is 6.20 Å². The molecule has 0 radical (unpaired) electrons. The molecule has 0 saturated carbocycles. The van der Waals surface area contributed by atoms with Crippen LogP contribution in [0.5, 0.6) is 0 Å². The van der Waals surface area contributed by atoms with E-state index in [0.717, 1.165) is 6.20 Å². The van der Waals surface area contributed by atoms with E-state index in [-0.39, 0.29) is 0 Å². The Morgan fingerprint density at radius 3 is 2.68 bits per heavy atom. The Balaban J connectivity index is 3.04. The van der Waals surface area contributed by atoms with Crippen molar-refractivity contribution >= 4 is 28.7 Å². The zero-order valence-corrected chi connectivity index (χ0v) is 12.9. The van der Waals surface area contributed by atoms with Gasteiger partial charge in [0, 0.05) is 17.6 Å². The lowest BCUT2D eigenvalue weighted by molar-refractivity contribution is 0.561. The van der Waals surface area contributed by atoms with Crippen LogP contribution in [0.15, 0.2) is 22.9 Å². The molecule has 106 valence electrons. The molecular weight excluding hydrogens is 287 g/mol. The van der Waals surface area contributed by atoms with Crippen LogP contribution >= 0.6 is 11.6 Å². The van der Waals surface area contributed by atoms with Crippen molar-refractivity contribution in [1.82, 2.24) is 4.98 Å². The van der Waals surface area contributed by atoms with E-state index in [2.05, 4.69) is 9.38 Å². The van der Waals surface area contributed by atoms with Crippen molar-refractivity contribution in [1.29, 1.82) is 0 Å². The van der Waals surface area contributed by atoms with E-state index in [9.17, 15) is 8.94 Å². The summed E-state index contributed by atoms with van der Waals surface area (Å²) in [6.45, 7) is 5.53. The first-order valence-electron chi connectivity index (χ1n) is 6.01. The van der Waals surface area contributed by atoms with Gasteiger partial charge in [0.2, 0.25) is 0 Å². The Morgan fingerprint density at radius 1 is 1.47 bits per heavy atom. The van der Waals surface area contributed by atoms with E-state index >= 15 is 0 Å². The predicted molar refractivity (Wildman–Crippen MR) is 78.6 cm³/mol. The van der Waals surface area contributed by atoms with E-state index in [1.54, 1.807) is 0 Å². The first kappa shape index (κ1) is 16.4. The number of rotatable bonds is 5. The normalized spacial score (nSPS) is 14.5. The van der Waals surface area contributed by atoms with Crippen LogP contribution in [0.4, 0.5) is 4.39 Å². The number of nitrogens with zero attached hydrogens (tertiary/aromatic N) is 2. The molecule has 0 fully saturated rings. The number of aromatic nitrogens is 1. The Hall–Kier alpha value is -0.650. The van der Waals surface area contributed by atoms with E-state index in [4.69, 9.17) is 11.6 Å². The average molecular weight is 305 g/mol. The zero-order valence-electron chi connectivity index (χ0n) is 11.3. The Labute approximate surface area is 121 Å². The third-order valence-corrected chi connectivity index (χ3v) is 4.00. The highest BCUT2D eigenvalue weighted by Crippen LogP contribution is 2.19. The summed E-state index contributed by atoms with van der Waals surface area (Å²) in [5.41, 5.74) is 1.14. The highest BCUT2D eigenvalue weighted by Gasteiger charge is 2.27. The van der Waals surface area contributed by atoms with Gasteiger partial charge in [0.15, 0.2) is 0 Å². The average Bonchev–Trinajstić information content (AvgIpc) is 2.33. The van der Waals surface area contributed by atoms with Gasteiger partial charge in [-0.1, -0.05) is 4.40 Å². The van der Waals surface area contributed by atoms with Gasteiger partial charge in [-0.15, -0.1) is 11.6 Å². The van der Waals surface area contributed by atoms with Crippen LogP contribution in [0.3, 0.4) is 0 Å². The maximum Gasteiger partial charge on any atom is 0.144 e. The molecule has 1 aromatic heterocycles. The lowest BCUT2D eigenvalue weighted by Crippen LogP contribution is -2.27. The van der Waals surface area contributed by atoms with Gasteiger partial charge in [0.1, 0.15) is 27.6 Å². The van der Waals surface area contributed by atoms with Gasteiger partial charge in [-0.3, -0.25) is 4.98 Å². The monoisotopic (exact) mass is 304 g/mol. The van der Waals surface area contributed by atoms with Crippen LogP contribution in [0.25, 0.3) is 0 Å². The molecule has 0 bridgehead atoms. The second-order valence-corrected chi connectivity index (χ2v) is 7.37. The summed E-state index contributed by atoms with van der Waals surface area (Å²) in [6.07, 6.45) is 3.90. The molecule has 0 saturated heterocycles. The topological polar surface area (TPSA) is 48.3 Å². The summed E-state index contributed by atoms with van der Waals surface area (Å²) >= 11 is 4.29. The standard InChI is InChI=1S/C13H18ClFN2OS/c1-13(2,3)19(18)17-12(5-4-6-14)10-7-11(15)9-16-8-10/h7-9H,4-6H2,1-3H3/b17-12-. The fraction of sp³-hybridized carbons (Fsp3) is 0.538. The first-order valence-corrected chi connectivity index (χ1v) is 7.65. The van der Waals surface area contributed by atoms with Gasteiger partial charge >= 0.3 is 0 Å². The van der Waals surface area contributed by atoms with E-state index in [1.165, 1.54) is 12.3 Å². The van der Waals surface area contributed by atoms with Gasteiger partial charge in [0.25, 0.3) is 0 Å². The van der Waals surface area contributed by atoms with Crippen molar-refractivity contribution in [3.05, 3.63) is 29.8 Å². The first-order chi connectivity index (χ1) is 8.84. The Kier molecular flexibility index (Phi) is 6.23. The minimum Gasteiger partial charge on any atom is -0.591 e. The van der Waals surface area contributed by atoms with Crippen molar-refractivity contribution in [2.75, 3.05) is 5.88 Å². The van der Waals surface area contributed by atoms with Gasteiger partial charge < -0.3 is 4.55 Å². The van der Waals surface area contributed by atoms with Crippen molar-refractivity contribution in [3.8, 4) is 0 Å². The largest absolute Gasteiger partial charge is 0.591 e. The molecule has 0 spiro atoms. The lowest BCUT2D eigenvalue weighted by Gasteiger charge is -2.19. The minimum atomic E-state index is -1.38.